The highest BCUT2D eigenvalue weighted by Gasteiger charge is 2.21. The molecule has 8 nitrogen and oxygen atoms in total. The summed E-state index contributed by atoms with van der Waals surface area (Å²) in [6.07, 6.45) is 3.23. The van der Waals surface area contributed by atoms with Crippen molar-refractivity contribution >= 4 is 27.5 Å². The summed E-state index contributed by atoms with van der Waals surface area (Å²) in [5.74, 6) is -3.93. The number of amides is 1. The molecule has 0 saturated carbocycles. The lowest BCUT2D eigenvalue weighted by atomic mass is 10.1. The van der Waals surface area contributed by atoms with Crippen LogP contribution in [0.4, 0.5) is 8.78 Å². The van der Waals surface area contributed by atoms with Gasteiger partial charge in [0, 0.05) is 25.0 Å². The molecule has 0 unspecified atom stereocenters. The van der Waals surface area contributed by atoms with Gasteiger partial charge in [0.05, 0.1) is 31.2 Å². The molecule has 1 aliphatic heterocycles. The Morgan fingerprint density at radius 1 is 1.23 bits per heavy atom. The Labute approximate surface area is 176 Å². The molecule has 0 aliphatic carbocycles. The Bertz CT molecular complexity index is 1060. The van der Waals surface area contributed by atoms with E-state index in [0.717, 1.165) is 0 Å². The van der Waals surface area contributed by atoms with E-state index in [1.807, 2.05) is 0 Å². The largest absolute Gasteiger partial charge is 0.473 e. The van der Waals surface area contributed by atoms with Crippen molar-refractivity contribution in [2.75, 3.05) is 19.5 Å². The summed E-state index contributed by atoms with van der Waals surface area (Å²) in [5, 5.41) is 0.115. The fourth-order valence-electron chi connectivity index (χ4n) is 2.63. The summed E-state index contributed by atoms with van der Waals surface area (Å²) in [4.78, 5) is 15.8. The van der Waals surface area contributed by atoms with E-state index in [2.05, 4.69) is 4.98 Å². The molecule has 1 fully saturated rings. The molecule has 1 aromatic carbocycles. The summed E-state index contributed by atoms with van der Waals surface area (Å²) < 4.78 is 68.4. The Kier molecular flexibility index (Phi) is 6.74. The first kappa shape index (κ1) is 22.2. The van der Waals surface area contributed by atoms with Crippen LogP contribution < -0.4 is 14.2 Å². The van der Waals surface area contributed by atoms with Crippen molar-refractivity contribution in [1.82, 2.24) is 9.71 Å². The van der Waals surface area contributed by atoms with E-state index in [-0.39, 0.29) is 22.8 Å². The number of halogens is 3. The van der Waals surface area contributed by atoms with Crippen LogP contribution in [-0.2, 0) is 14.8 Å². The summed E-state index contributed by atoms with van der Waals surface area (Å²) in [6, 6.07) is 2.47. The molecular weight excluding hydrogens is 446 g/mol. The monoisotopic (exact) mass is 462 g/mol. The van der Waals surface area contributed by atoms with Crippen molar-refractivity contribution in [1.29, 1.82) is 0 Å². The number of carbonyl (C=O) groups is 1. The van der Waals surface area contributed by atoms with Crippen LogP contribution in [-0.4, -0.2) is 44.9 Å². The number of nitrogens with zero attached hydrogens (tertiary/aromatic N) is 1. The van der Waals surface area contributed by atoms with E-state index in [1.54, 1.807) is 4.72 Å². The van der Waals surface area contributed by atoms with E-state index in [0.29, 0.717) is 44.4 Å². The number of rotatable bonds is 6. The lowest BCUT2D eigenvalue weighted by Gasteiger charge is -2.23. The van der Waals surface area contributed by atoms with Gasteiger partial charge in [-0.3, -0.25) is 4.79 Å². The van der Waals surface area contributed by atoms with Gasteiger partial charge in [-0.1, -0.05) is 11.6 Å². The molecular formula is C18H17ClF2N2O6S. The van der Waals surface area contributed by atoms with Crippen LogP contribution in [0, 0.1) is 11.6 Å². The highest BCUT2D eigenvalue weighted by molar-refractivity contribution is 7.89. The van der Waals surface area contributed by atoms with Gasteiger partial charge >= 0.3 is 0 Å². The van der Waals surface area contributed by atoms with Gasteiger partial charge in [0.25, 0.3) is 5.91 Å². The van der Waals surface area contributed by atoms with Gasteiger partial charge in [0.1, 0.15) is 22.7 Å². The Balaban J connectivity index is 1.75. The number of aromatic nitrogens is 1. The summed E-state index contributed by atoms with van der Waals surface area (Å²) in [6.45, 7) is 1.15. The molecule has 162 valence electrons. The predicted molar refractivity (Wildman–Crippen MR) is 102 cm³/mol. The second-order valence-electron chi connectivity index (χ2n) is 6.46. The van der Waals surface area contributed by atoms with E-state index < -0.39 is 38.9 Å². The maximum Gasteiger partial charge on any atom is 0.267 e. The maximum atomic E-state index is 14.3. The van der Waals surface area contributed by atoms with Gasteiger partial charge < -0.3 is 14.2 Å². The molecule has 30 heavy (non-hydrogen) atoms. The highest BCUT2D eigenvalue weighted by Crippen LogP contribution is 2.32. The molecule has 0 radical (unpaired) electrons. The minimum absolute atomic E-state index is 0.00552. The number of pyridine rings is 1. The maximum absolute atomic E-state index is 14.3. The van der Waals surface area contributed by atoms with Crippen molar-refractivity contribution in [2.45, 2.75) is 18.9 Å². The Morgan fingerprint density at radius 2 is 1.93 bits per heavy atom. The van der Waals surface area contributed by atoms with Crippen LogP contribution in [0.2, 0.25) is 5.02 Å². The molecule has 0 atom stereocenters. The number of hydrogen-bond donors (Lipinski definition) is 1. The lowest BCUT2D eigenvalue weighted by Crippen LogP contribution is -2.30. The summed E-state index contributed by atoms with van der Waals surface area (Å²) in [5.41, 5.74) is -0.790. The van der Waals surface area contributed by atoms with Gasteiger partial charge in [0.15, 0.2) is 11.6 Å². The van der Waals surface area contributed by atoms with E-state index in [1.165, 1.54) is 12.3 Å². The SMILES string of the molecule is CS(=O)(=O)NC(=O)c1cc(F)c(Oc2cnc(OC3CCOCC3)c(Cl)c2)cc1F. The van der Waals surface area contributed by atoms with Gasteiger partial charge in [-0.25, -0.2) is 26.9 Å². The zero-order valence-electron chi connectivity index (χ0n) is 15.7. The molecule has 3 rings (SSSR count). The van der Waals surface area contributed by atoms with E-state index >= 15 is 0 Å². The van der Waals surface area contributed by atoms with Crippen molar-refractivity contribution < 1.29 is 36.2 Å². The zero-order valence-corrected chi connectivity index (χ0v) is 17.2. The van der Waals surface area contributed by atoms with Crippen molar-refractivity contribution in [3.8, 4) is 17.4 Å². The minimum Gasteiger partial charge on any atom is -0.473 e. The third-order valence-corrected chi connectivity index (χ3v) is 4.83. The van der Waals surface area contributed by atoms with Crippen LogP contribution in [0.15, 0.2) is 24.4 Å². The smallest absolute Gasteiger partial charge is 0.267 e. The van der Waals surface area contributed by atoms with Crippen molar-refractivity contribution in [3.63, 3.8) is 0 Å². The van der Waals surface area contributed by atoms with Crippen LogP contribution in [0.5, 0.6) is 17.4 Å². The second-order valence-corrected chi connectivity index (χ2v) is 8.61. The average molecular weight is 463 g/mol. The first-order valence-corrected chi connectivity index (χ1v) is 11.0. The molecule has 2 heterocycles. The van der Waals surface area contributed by atoms with Gasteiger partial charge in [-0.2, -0.15) is 0 Å². The Morgan fingerprint density at radius 3 is 2.57 bits per heavy atom. The van der Waals surface area contributed by atoms with Gasteiger partial charge in [0.2, 0.25) is 15.9 Å². The fraction of sp³-hybridized carbons (Fsp3) is 0.333. The molecule has 2 aromatic rings. The molecule has 0 spiro atoms. The minimum atomic E-state index is -3.94. The third kappa shape index (κ3) is 5.77. The molecule has 1 amide bonds. The molecule has 1 aromatic heterocycles. The van der Waals surface area contributed by atoms with Crippen LogP contribution in [0.3, 0.4) is 0 Å². The highest BCUT2D eigenvalue weighted by atomic mass is 35.5. The second kappa shape index (κ2) is 9.11. The molecule has 0 bridgehead atoms. The molecule has 12 heteroatoms. The average Bonchev–Trinajstić information content (AvgIpc) is 2.66. The van der Waals surface area contributed by atoms with E-state index in [4.69, 9.17) is 25.8 Å². The Hall–Kier alpha value is -2.50. The summed E-state index contributed by atoms with van der Waals surface area (Å²) in [7, 11) is -3.94. The zero-order chi connectivity index (χ0) is 21.9. The summed E-state index contributed by atoms with van der Waals surface area (Å²) >= 11 is 6.14. The predicted octanol–water partition coefficient (Wildman–Crippen LogP) is 3.05. The van der Waals surface area contributed by atoms with Crippen LogP contribution in [0.1, 0.15) is 23.2 Å². The number of benzene rings is 1. The molecule has 1 aliphatic rings. The topological polar surface area (TPSA) is 104 Å². The van der Waals surface area contributed by atoms with Crippen LogP contribution in [0.25, 0.3) is 0 Å². The fourth-order valence-corrected chi connectivity index (χ4v) is 3.28. The number of carbonyl (C=O) groups excluding carboxylic acids is 1. The molecule has 1 saturated heterocycles. The number of hydrogen-bond acceptors (Lipinski definition) is 7. The van der Waals surface area contributed by atoms with Gasteiger partial charge in [-0.15, -0.1) is 0 Å². The van der Waals surface area contributed by atoms with Crippen molar-refractivity contribution in [3.05, 3.63) is 46.6 Å². The third-order valence-electron chi connectivity index (χ3n) is 4.00. The van der Waals surface area contributed by atoms with Gasteiger partial charge in [-0.05, 0) is 6.07 Å². The normalized spacial score (nSPS) is 14.9. The quantitative estimate of drug-likeness (QED) is 0.703. The standard InChI is InChI=1S/C18H17ClF2N2O6S/c1-30(25,26)23-17(24)12-7-15(21)16(8-14(12)20)28-11-6-13(19)18(22-9-11)29-10-2-4-27-5-3-10/h6-10H,2-5H2,1H3,(H,23,24). The number of nitrogens with one attached hydrogen (secondary N) is 1. The van der Waals surface area contributed by atoms with Crippen molar-refractivity contribution in [2.24, 2.45) is 0 Å². The number of ether oxygens (including phenoxy) is 3. The lowest BCUT2D eigenvalue weighted by molar-refractivity contribution is 0.0237. The molecule has 1 N–H and O–H groups in total. The van der Waals surface area contributed by atoms with Crippen LogP contribution >= 0.6 is 11.6 Å². The van der Waals surface area contributed by atoms with E-state index in [9.17, 15) is 22.0 Å². The first-order chi connectivity index (χ1) is 14.1. The number of sulfonamides is 1. The first-order valence-electron chi connectivity index (χ1n) is 8.71.